The number of thioether (sulfide) groups is 1. The van der Waals surface area contributed by atoms with Gasteiger partial charge in [0, 0.05) is 0 Å². The minimum atomic E-state index is -0.170. The number of carbonyl (C=O) groups excluding carboxylic acids is 1. The molecule has 25 heavy (non-hydrogen) atoms. The first kappa shape index (κ1) is 17.2. The minimum absolute atomic E-state index is 0.0216. The normalized spacial score (nSPS) is 18.7. The molecule has 2 aromatic carbocycles. The Morgan fingerprint density at radius 3 is 2.68 bits per heavy atom. The molecule has 6 heteroatoms. The monoisotopic (exact) mass is 353 g/mol. The molecule has 128 valence electrons. The second-order valence-corrected chi connectivity index (χ2v) is 6.84. The van der Waals surface area contributed by atoms with E-state index < -0.39 is 0 Å². The zero-order valence-corrected chi connectivity index (χ0v) is 14.9. The summed E-state index contributed by atoms with van der Waals surface area (Å²) in [7, 11) is 1.63. The highest BCUT2D eigenvalue weighted by molar-refractivity contribution is 8.15. The number of amidine groups is 1. The molecule has 1 N–H and O–H groups in total. The van der Waals surface area contributed by atoms with Gasteiger partial charge in [0.05, 0.1) is 18.6 Å². The lowest BCUT2D eigenvalue weighted by Gasteiger charge is -2.07. The highest BCUT2D eigenvalue weighted by atomic mass is 32.2. The van der Waals surface area contributed by atoms with Crippen molar-refractivity contribution in [1.82, 2.24) is 5.32 Å². The molecule has 1 amide bonds. The molecule has 0 radical (unpaired) electrons. The molecule has 1 fully saturated rings. The Balaban J connectivity index is 1.62. The van der Waals surface area contributed by atoms with Crippen LogP contribution in [0.5, 0.6) is 5.75 Å². The molecule has 3 rings (SSSR count). The fraction of sp³-hybridized carbons (Fsp3) is 0.211. The molecular weight excluding hydrogens is 334 g/mol. The van der Waals surface area contributed by atoms with E-state index in [-0.39, 0.29) is 11.2 Å². The van der Waals surface area contributed by atoms with E-state index in [0.717, 1.165) is 11.3 Å². The molecule has 0 bridgehead atoms. The predicted molar refractivity (Wildman–Crippen MR) is 102 cm³/mol. The van der Waals surface area contributed by atoms with Crippen molar-refractivity contribution >= 4 is 29.1 Å². The molecule has 0 saturated carbocycles. The van der Waals surface area contributed by atoms with Crippen LogP contribution in [0.3, 0.4) is 0 Å². The molecule has 2 aromatic rings. The molecule has 1 atom stereocenters. The number of carbonyl (C=O) groups is 1. The molecule has 0 spiro atoms. The Kier molecular flexibility index (Phi) is 5.50. The highest BCUT2D eigenvalue weighted by Crippen LogP contribution is 2.24. The maximum Gasteiger partial charge on any atom is 0.239 e. The number of aryl methyl sites for hydroxylation is 1. The average Bonchev–Trinajstić information content (AvgIpc) is 2.97. The fourth-order valence-electron chi connectivity index (χ4n) is 2.46. The lowest BCUT2D eigenvalue weighted by molar-refractivity contribution is -0.118. The van der Waals surface area contributed by atoms with Crippen LogP contribution in [0.15, 0.2) is 58.7 Å². The summed E-state index contributed by atoms with van der Waals surface area (Å²) in [6.07, 6.45) is 2.33. The Bertz CT molecular complexity index is 816. The van der Waals surface area contributed by atoms with Gasteiger partial charge in [0.15, 0.2) is 5.17 Å². The largest absolute Gasteiger partial charge is 0.497 e. The third-order valence-electron chi connectivity index (χ3n) is 3.91. The van der Waals surface area contributed by atoms with Crippen LogP contribution in [0.2, 0.25) is 0 Å². The minimum Gasteiger partial charge on any atom is -0.497 e. The Labute approximate surface area is 151 Å². The van der Waals surface area contributed by atoms with Crippen LogP contribution in [-0.4, -0.2) is 29.6 Å². The molecule has 5 nitrogen and oxygen atoms in total. The van der Waals surface area contributed by atoms with Gasteiger partial charge in [-0.1, -0.05) is 36.0 Å². The van der Waals surface area contributed by atoms with Crippen molar-refractivity contribution in [3.8, 4) is 5.75 Å². The number of hydrogen-bond acceptors (Lipinski definition) is 5. The average molecular weight is 353 g/mol. The summed E-state index contributed by atoms with van der Waals surface area (Å²) in [5, 5.41) is 11.3. The van der Waals surface area contributed by atoms with Gasteiger partial charge in [-0.2, -0.15) is 5.10 Å². The van der Waals surface area contributed by atoms with Crippen LogP contribution < -0.4 is 10.1 Å². The number of amides is 1. The summed E-state index contributed by atoms with van der Waals surface area (Å²) in [6, 6.07) is 15.6. The first-order valence-electron chi connectivity index (χ1n) is 7.93. The van der Waals surface area contributed by atoms with Gasteiger partial charge in [0.25, 0.3) is 0 Å². The number of rotatable bonds is 5. The maximum absolute atomic E-state index is 12.1. The van der Waals surface area contributed by atoms with E-state index >= 15 is 0 Å². The predicted octanol–water partition coefficient (Wildman–Crippen LogP) is 3.17. The number of benzene rings is 2. The molecule has 1 heterocycles. The van der Waals surface area contributed by atoms with Gasteiger partial charge in [-0.25, -0.2) is 0 Å². The summed E-state index contributed by atoms with van der Waals surface area (Å²) in [6.45, 7) is 2.06. The van der Waals surface area contributed by atoms with Crippen LogP contribution in [0.1, 0.15) is 16.7 Å². The fourth-order valence-corrected chi connectivity index (χ4v) is 3.42. The van der Waals surface area contributed by atoms with Crippen LogP contribution in [0.25, 0.3) is 0 Å². The number of nitrogens with one attached hydrogen (secondary N) is 1. The van der Waals surface area contributed by atoms with Crippen molar-refractivity contribution in [3.05, 3.63) is 65.2 Å². The van der Waals surface area contributed by atoms with Gasteiger partial charge in [-0.15, -0.1) is 5.10 Å². The SMILES string of the molecule is COc1ccc(C=N/N=C2\NC(=O)[C@@H](Cc3ccccc3C)S2)cc1. The van der Waals surface area contributed by atoms with Crippen molar-refractivity contribution in [2.24, 2.45) is 10.2 Å². The lowest BCUT2D eigenvalue weighted by Crippen LogP contribution is -2.26. The first-order chi connectivity index (χ1) is 12.2. The molecule has 1 aliphatic rings. The molecule has 0 aliphatic carbocycles. The molecule has 1 aliphatic heterocycles. The zero-order valence-electron chi connectivity index (χ0n) is 14.1. The van der Waals surface area contributed by atoms with Crippen molar-refractivity contribution < 1.29 is 9.53 Å². The van der Waals surface area contributed by atoms with E-state index in [1.54, 1.807) is 13.3 Å². The smallest absolute Gasteiger partial charge is 0.239 e. The number of nitrogens with zero attached hydrogens (tertiary/aromatic N) is 2. The van der Waals surface area contributed by atoms with Crippen molar-refractivity contribution in [2.75, 3.05) is 7.11 Å². The van der Waals surface area contributed by atoms with Gasteiger partial charge in [0.1, 0.15) is 5.75 Å². The molecule has 0 unspecified atom stereocenters. The third kappa shape index (κ3) is 4.48. The lowest BCUT2D eigenvalue weighted by atomic mass is 10.0. The topological polar surface area (TPSA) is 63.1 Å². The Hall–Kier alpha value is -2.60. The van der Waals surface area contributed by atoms with E-state index in [1.807, 2.05) is 36.4 Å². The Morgan fingerprint density at radius 2 is 1.96 bits per heavy atom. The standard InChI is InChI=1S/C19H19N3O2S/c1-13-5-3-4-6-15(13)11-17-18(23)21-19(25-17)22-20-12-14-7-9-16(24-2)10-8-14/h3-10,12,17H,11H2,1-2H3,(H,21,22,23)/t17-/m1/s1. The number of ether oxygens (including phenoxy) is 1. The molecule has 0 aromatic heterocycles. The van der Waals surface area contributed by atoms with E-state index in [1.165, 1.54) is 22.9 Å². The first-order valence-corrected chi connectivity index (χ1v) is 8.81. The van der Waals surface area contributed by atoms with Crippen molar-refractivity contribution in [1.29, 1.82) is 0 Å². The molecule has 1 saturated heterocycles. The van der Waals surface area contributed by atoms with Crippen molar-refractivity contribution in [2.45, 2.75) is 18.6 Å². The van der Waals surface area contributed by atoms with Gasteiger partial charge in [-0.05, 0) is 54.3 Å². The van der Waals surface area contributed by atoms with Gasteiger partial charge in [-0.3, -0.25) is 4.79 Å². The molecular formula is C19H19N3O2S. The zero-order chi connectivity index (χ0) is 17.6. The number of methoxy groups -OCH3 is 1. The number of hydrogen-bond donors (Lipinski definition) is 1. The quantitative estimate of drug-likeness (QED) is 0.663. The summed E-state index contributed by atoms with van der Waals surface area (Å²) in [5.41, 5.74) is 3.29. The van der Waals surface area contributed by atoms with Gasteiger partial charge < -0.3 is 10.1 Å². The second-order valence-electron chi connectivity index (χ2n) is 5.65. The van der Waals surface area contributed by atoms with Crippen LogP contribution in [-0.2, 0) is 11.2 Å². The van der Waals surface area contributed by atoms with E-state index in [0.29, 0.717) is 11.6 Å². The Morgan fingerprint density at radius 1 is 1.20 bits per heavy atom. The summed E-state index contributed by atoms with van der Waals surface area (Å²) in [5.74, 6) is 0.771. The van der Waals surface area contributed by atoms with Crippen LogP contribution >= 0.6 is 11.8 Å². The summed E-state index contributed by atoms with van der Waals surface area (Å²) in [4.78, 5) is 12.1. The van der Waals surface area contributed by atoms with E-state index in [9.17, 15) is 4.79 Å². The third-order valence-corrected chi connectivity index (χ3v) is 4.99. The van der Waals surface area contributed by atoms with E-state index in [4.69, 9.17) is 4.74 Å². The van der Waals surface area contributed by atoms with Crippen LogP contribution in [0, 0.1) is 6.92 Å². The van der Waals surface area contributed by atoms with Crippen LogP contribution in [0.4, 0.5) is 0 Å². The van der Waals surface area contributed by atoms with Crippen molar-refractivity contribution in [3.63, 3.8) is 0 Å². The summed E-state index contributed by atoms with van der Waals surface area (Å²) >= 11 is 1.42. The summed E-state index contributed by atoms with van der Waals surface area (Å²) < 4.78 is 5.11. The maximum atomic E-state index is 12.1. The van der Waals surface area contributed by atoms with Gasteiger partial charge >= 0.3 is 0 Å². The highest BCUT2D eigenvalue weighted by Gasteiger charge is 2.30. The van der Waals surface area contributed by atoms with E-state index in [2.05, 4.69) is 34.6 Å². The van der Waals surface area contributed by atoms with Gasteiger partial charge in [0.2, 0.25) is 5.91 Å². The second kappa shape index (κ2) is 7.98.